The van der Waals surface area contributed by atoms with Crippen molar-refractivity contribution in [2.45, 2.75) is 40.3 Å². The highest BCUT2D eigenvalue weighted by molar-refractivity contribution is 4.88. The van der Waals surface area contributed by atoms with Crippen molar-refractivity contribution in [1.82, 2.24) is 0 Å². The van der Waals surface area contributed by atoms with E-state index in [0.717, 1.165) is 0 Å². The summed E-state index contributed by atoms with van der Waals surface area (Å²) in [7, 11) is 0. The maximum Gasteiger partial charge on any atom is 0.164 e. The van der Waals surface area contributed by atoms with Gasteiger partial charge in [0, 0.05) is 10.8 Å². The van der Waals surface area contributed by atoms with E-state index in [1.165, 1.54) is 0 Å². The molecule has 0 amide bonds. The zero-order valence-electron chi connectivity index (χ0n) is 19.4. The number of aliphatic hydroxyl groups is 4. The minimum Gasteiger partial charge on any atom is -0.396 e. The van der Waals surface area contributed by atoms with Gasteiger partial charge >= 0.3 is 0 Å². The van der Waals surface area contributed by atoms with E-state index in [-0.39, 0.29) is 31.8 Å². The molecule has 0 unspecified atom stereocenters. The van der Waals surface area contributed by atoms with Crippen LogP contribution in [-0.4, -0.2) is 112 Å². The van der Waals surface area contributed by atoms with E-state index in [4.69, 9.17) is 38.6 Å². The van der Waals surface area contributed by atoms with Crippen LogP contribution in [0.4, 0.5) is 0 Å². The minimum absolute atomic E-state index is 0.00440. The standard InChI is InChI=1S/C15H28O6.C6H14O4/c1-13(2,5-16)11-18-7-15(8-19-11)9-20-12(21-10-15)14(3,4)6-17;7-1-3-9-5-6-10-4-2-8/h11-12,16-17H,5-10H2,1-4H3;7-8H,1-6H2. The third-order valence-electron chi connectivity index (χ3n) is 5.10. The molecule has 2 aliphatic heterocycles. The van der Waals surface area contributed by atoms with Crippen molar-refractivity contribution >= 4 is 0 Å². The van der Waals surface area contributed by atoms with E-state index in [2.05, 4.69) is 0 Å². The van der Waals surface area contributed by atoms with Crippen LogP contribution in [0.5, 0.6) is 0 Å². The van der Waals surface area contributed by atoms with Crippen LogP contribution in [0, 0.1) is 16.2 Å². The Morgan fingerprint density at radius 2 is 0.968 bits per heavy atom. The Morgan fingerprint density at radius 1 is 0.645 bits per heavy atom. The SMILES string of the molecule is CC(C)(CO)C1OCC2(CO1)COC(C(C)(C)CO)OC2.OCCOCCOCCO. The van der Waals surface area contributed by atoms with Crippen LogP contribution in [-0.2, 0) is 28.4 Å². The summed E-state index contributed by atoms with van der Waals surface area (Å²) < 4.78 is 32.9. The van der Waals surface area contributed by atoms with Crippen molar-refractivity contribution in [3.8, 4) is 0 Å². The highest BCUT2D eigenvalue weighted by Gasteiger charge is 2.47. The number of hydrogen-bond acceptors (Lipinski definition) is 10. The van der Waals surface area contributed by atoms with Crippen LogP contribution >= 0.6 is 0 Å². The van der Waals surface area contributed by atoms with Crippen molar-refractivity contribution < 1.29 is 48.8 Å². The van der Waals surface area contributed by atoms with Gasteiger partial charge in [0.25, 0.3) is 0 Å². The Balaban J connectivity index is 0.000000407. The summed E-state index contributed by atoms with van der Waals surface area (Å²) in [6, 6.07) is 0. The van der Waals surface area contributed by atoms with E-state index < -0.39 is 23.4 Å². The Morgan fingerprint density at radius 3 is 1.23 bits per heavy atom. The van der Waals surface area contributed by atoms with Gasteiger partial charge in [-0.25, -0.2) is 0 Å². The molecule has 186 valence electrons. The minimum atomic E-state index is -0.431. The van der Waals surface area contributed by atoms with Gasteiger partial charge in [-0.3, -0.25) is 0 Å². The van der Waals surface area contributed by atoms with Gasteiger partial charge in [0.1, 0.15) is 0 Å². The quantitative estimate of drug-likeness (QED) is 0.310. The molecule has 4 N–H and O–H groups in total. The molecule has 2 aliphatic rings. The topological polar surface area (TPSA) is 136 Å². The highest BCUT2D eigenvalue weighted by atomic mass is 16.7. The van der Waals surface area contributed by atoms with Crippen molar-refractivity contribution in [2.24, 2.45) is 16.2 Å². The van der Waals surface area contributed by atoms with Crippen LogP contribution in [0.1, 0.15) is 27.7 Å². The third-order valence-corrected chi connectivity index (χ3v) is 5.10. The lowest BCUT2D eigenvalue weighted by atomic mass is 9.86. The van der Waals surface area contributed by atoms with Gasteiger partial charge in [-0.2, -0.15) is 0 Å². The monoisotopic (exact) mass is 454 g/mol. The highest BCUT2D eigenvalue weighted by Crippen LogP contribution is 2.37. The Hall–Kier alpha value is -0.400. The largest absolute Gasteiger partial charge is 0.396 e. The van der Waals surface area contributed by atoms with Crippen LogP contribution in [0.3, 0.4) is 0 Å². The number of hydrogen-bond donors (Lipinski definition) is 4. The van der Waals surface area contributed by atoms with E-state index >= 15 is 0 Å². The van der Waals surface area contributed by atoms with E-state index in [1.807, 2.05) is 27.7 Å². The summed E-state index contributed by atoms with van der Waals surface area (Å²) in [4.78, 5) is 0. The lowest BCUT2D eigenvalue weighted by Gasteiger charge is -2.48. The molecule has 2 heterocycles. The maximum atomic E-state index is 9.37. The van der Waals surface area contributed by atoms with Crippen LogP contribution in [0.25, 0.3) is 0 Å². The molecule has 0 bridgehead atoms. The Kier molecular flexibility index (Phi) is 12.9. The average Bonchev–Trinajstić information content (AvgIpc) is 2.77. The normalized spacial score (nSPS) is 27.1. The molecule has 0 aromatic heterocycles. The molecule has 10 heteroatoms. The summed E-state index contributed by atoms with van der Waals surface area (Å²) in [6.45, 7) is 11.3. The Bertz CT molecular complexity index is 410. The lowest BCUT2D eigenvalue weighted by molar-refractivity contribution is -0.337. The fourth-order valence-corrected chi connectivity index (χ4v) is 2.86. The summed E-state index contributed by atoms with van der Waals surface area (Å²) in [5, 5.41) is 35.3. The van der Waals surface area contributed by atoms with Gasteiger partial charge in [-0.05, 0) is 0 Å². The predicted molar refractivity (Wildman–Crippen MR) is 111 cm³/mol. The molecule has 0 aliphatic carbocycles. The molecular formula is C21H42O10. The third kappa shape index (κ3) is 9.55. The predicted octanol–water partition coefficient (Wildman–Crippen LogP) is -0.240. The second kappa shape index (κ2) is 14.0. The van der Waals surface area contributed by atoms with Gasteiger partial charge in [0.05, 0.1) is 84.7 Å². The van der Waals surface area contributed by atoms with Crippen LogP contribution in [0.15, 0.2) is 0 Å². The summed E-state index contributed by atoms with van der Waals surface area (Å²) in [6.07, 6.45) is -0.834. The Labute approximate surface area is 185 Å². The van der Waals surface area contributed by atoms with Gasteiger partial charge in [0.15, 0.2) is 12.6 Å². The molecule has 0 aromatic carbocycles. The summed E-state index contributed by atoms with van der Waals surface area (Å²) >= 11 is 0. The van der Waals surface area contributed by atoms with Crippen LogP contribution in [0.2, 0.25) is 0 Å². The molecule has 0 saturated carbocycles. The molecule has 1 spiro atoms. The lowest BCUT2D eigenvalue weighted by Crippen LogP contribution is -2.56. The summed E-state index contributed by atoms with van der Waals surface area (Å²) in [5.41, 5.74) is -1.16. The molecule has 0 aromatic rings. The molecule has 0 atom stereocenters. The number of ether oxygens (including phenoxy) is 6. The number of aliphatic hydroxyl groups excluding tert-OH is 4. The molecule has 10 nitrogen and oxygen atoms in total. The zero-order valence-corrected chi connectivity index (χ0v) is 19.4. The first-order valence-electron chi connectivity index (χ1n) is 10.7. The van der Waals surface area contributed by atoms with Crippen molar-refractivity contribution in [3.05, 3.63) is 0 Å². The molecular weight excluding hydrogens is 412 g/mol. The first kappa shape index (κ1) is 28.6. The smallest absolute Gasteiger partial charge is 0.164 e. The van der Waals surface area contributed by atoms with Gasteiger partial charge in [-0.15, -0.1) is 0 Å². The fraction of sp³-hybridized carbons (Fsp3) is 1.00. The summed E-state index contributed by atoms with van der Waals surface area (Å²) in [5.74, 6) is 0. The molecule has 2 saturated heterocycles. The van der Waals surface area contributed by atoms with Gasteiger partial charge < -0.3 is 48.8 Å². The second-order valence-corrected chi connectivity index (χ2v) is 9.37. The fourth-order valence-electron chi connectivity index (χ4n) is 2.86. The first-order valence-corrected chi connectivity index (χ1v) is 10.7. The second-order valence-electron chi connectivity index (χ2n) is 9.37. The number of rotatable bonds is 11. The van der Waals surface area contributed by atoms with Crippen molar-refractivity contribution in [1.29, 1.82) is 0 Å². The van der Waals surface area contributed by atoms with Crippen LogP contribution < -0.4 is 0 Å². The van der Waals surface area contributed by atoms with E-state index in [9.17, 15) is 10.2 Å². The average molecular weight is 455 g/mol. The first-order chi connectivity index (χ1) is 14.7. The van der Waals surface area contributed by atoms with Gasteiger partial charge in [0.2, 0.25) is 0 Å². The van der Waals surface area contributed by atoms with E-state index in [1.54, 1.807) is 0 Å². The van der Waals surface area contributed by atoms with Crippen molar-refractivity contribution in [2.75, 3.05) is 79.3 Å². The molecule has 2 rings (SSSR count). The van der Waals surface area contributed by atoms with E-state index in [0.29, 0.717) is 52.9 Å². The molecule has 0 radical (unpaired) electrons. The molecule has 2 fully saturated rings. The van der Waals surface area contributed by atoms with Crippen molar-refractivity contribution in [3.63, 3.8) is 0 Å². The maximum absolute atomic E-state index is 9.37. The zero-order chi connectivity index (χ0) is 23.4. The van der Waals surface area contributed by atoms with Gasteiger partial charge in [-0.1, -0.05) is 27.7 Å². The molecule has 31 heavy (non-hydrogen) atoms.